The van der Waals surface area contributed by atoms with Gasteiger partial charge in [-0.1, -0.05) is 6.07 Å². The number of hydrogen-bond donors (Lipinski definition) is 2. The SMILES string of the molecule is C[C@@H](OCc1ccn[nH]1)[C@](O)(Cn1cncn1)c1ccc(F)cc1F. The van der Waals surface area contributed by atoms with Gasteiger partial charge in [-0.2, -0.15) is 10.2 Å². The Morgan fingerprint density at radius 1 is 1.36 bits per heavy atom. The first-order valence-electron chi connectivity index (χ1n) is 7.59. The largest absolute Gasteiger partial charge is 0.380 e. The summed E-state index contributed by atoms with van der Waals surface area (Å²) in [6, 6.07) is 4.74. The van der Waals surface area contributed by atoms with Gasteiger partial charge in [0.25, 0.3) is 0 Å². The predicted octanol–water partition coefficient (Wildman–Crippen LogP) is 1.77. The number of hydrogen-bond acceptors (Lipinski definition) is 5. The molecule has 0 unspecified atom stereocenters. The van der Waals surface area contributed by atoms with Crippen LogP contribution in [0, 0.1) is 11.6 Å². The van der Waals surface area contributed by atoms with Crippen molar-refractivity contribution >= 4 is 0 Å². The predicted molar refractivity (Wildman–Crippen MR) is 83.1 cm³/mol. The molecule has 0 radical (unpaired) electrons. The molecule has 9 heteroatoms. The lowest BCUT2D eigenvalue weighted by Crippen LogP contribution is -2.44. The number of ether oxygens (including phenoxy) is 1. The number of H-pyrrole nitrogens is 1. The Morgan fingerprint density at radius 2 is 2.20 bits per heavy atom. The van der Waals surface area contributed by atoms with Gasteiger partial charge in [-0.05, 0) is 19.1 Å². The van der Waals surface area contributed by atoms with Gasteiger partial charge < -0.3 is 9.84 Å². The van der Waals surface area contributed by atoms with Crippen molar-refractivity contribution in [1.82, 2.24) is 25.0 Å². The molecule has 0 saturated carbocycles. The molecule has 0 aliphatic carbocycles. The molecule has 0 saturated heterocycles. The highest BCUT2D eigenvalue weighted by molar-refractivity contribution is 5.26. The van der Waals surface area contributed by atoms with E-state index >= 15 is 0 Å². The van der Waals surface area contributed by atoms with Gasteiger partial charge >= 0.3 is 0 Å². The fourth-order valence-electron chi connectivity index (χ4n) is 2.55. The van der Waals surface area contributed by atoms with E-state index in [4.69, 9.17) is 4.74 Å². The maximum Gasteiger partial charge on any atom is 0.138 e. The molecule has 2 N–H and O–H groups in total. The lowest BCUT2D eigenvalue weighted by Gasteiger charge is -2.34. The van der Waals surface area contributed by atoms with Crippen molar-refractivity contribution in [2.45, 2.75) is 31.8 Å². The van der Waals surface area contributed by atoms with Gasteiger partial charge in [0.1, 0.15) is 29.9 Å². The number of aliphatic hydroxyl groups is 1. The number of benzene rings is 1. The van der Waals surface area contributed by atoms with Crippen LogP contribution in [0.15, 0.2) is 43.1 Å². The second kappa shape index (κ2) is 7.08. The minimum absolute atomic E-state index is 0.0819. The highest BCUT2D eigenvalue weighted by Gasteiger charge is 2.40. The van der Waals surface area contributed by atoms with Gasteiger partial charge in [-0.15, -0.1) is 0 Å². The zero-order valence-corrected chi connectivity index (χ0v) is 13.4. The van der Waals surface area contributed by atoms with Gasteiger partial charge in [-0.25, -0.2) is 18.4 Å². The van der Waals surface area contributed by atoms with Crippen molar-refractivity contribution in [3.05, 3.63) is 66.0 Å². The molecular formula is C16H17F2N5O2. The number of aromatic amines is 1. The fraction of sp³-hybridized carbons (Fsp3) is 0.312. The Balaban J connectivity index is 1.90. The first-order chi connectivity index (χ1) is 12.0. The van der Waals surface area contributed by atoms with E-state index in [9.17, 15) is 13.9 Å². The van der Waals surface area contributed by atoms with E-state index < -0.39 is 23.3 Å². The van der Waals surface area contributed by atoms with Crippen molar-refractivity contribution in [2.75, 3.05) is 0 Å². The summed E-state index contributed by atoms with van der Waals surface area (Å²) in [6.07, 6.45) is 3.44. The summed E-state index contributed by atoms with van der Waals surface area (Å²) in [7, 11) is 0. The fourth-order valence-corrected chi connectivity index (χ4v) is 2.55. The minimum Gasteiger partial charge on any atom is -0.380 e. The molecule has 25 heavy (non-hydrogen) atoms. The molecule has 2 heterocycles. The maximum atomic E-state index is 14.3. The van der Waals surface area contributed by atoms with E-state index in [-0.39, 0.29) is 18.7 Å². The molecule has 0 aliphatic rings. The first-order valence-corrected chi connectivity index (χ1v) is 7.59. The molecule has 7 nitrogen and oxygen atoms in total. The summed E-state index contributed by atoms with van der Waals surface area (Å²) < 4.78 is 34.6. The lowest BCUT2D eigenvalue weighted by atomic mass is 9.88. The molecule has 0 fully saturated rings. The van der Waals surface area contributed by atoms with Crippen LogP contribution in [0.25, 0.3) is 0 Å². The van der Waals surface area contributed by atoms with Crippen LogP contribution < -0.4 is 0 Å². The molecule has 2 aromatic heterocycles. The summed E-state index contributed by atoms with van der Waals surface area (Å²) in [5.74, 6) is -1.59. The van der Waals surface area contributed by atoms with Crippen molar-refractivity contribution in [1.29, 1.82) is 0 Å². The van der Waals surface area contributed by atoms with Crippen LogP contribution in [0.3, 0.4) is 0 Å². The van der Waals surface area contributed by atoms with Crippen LogP contribution in [0.5, 0.6) is 0 Å². The van der Waals surface area contributed by atoms with E-state index in [2.05, 4.69) is 20.3 Å². The first kappa shape index (κ1) is 17.2. The quantitative estimate of drug-likeness (QED) is 0.679. The van der Waals surface area contributed by atoms with Gasteiger partial charge in [0.15, 0.2) is 0 Å². The van der Waals surface area contributed by atoms with Crippen molar-refractivity contribution in [3.8, 4) is 0 Å². The monoisotopic (exact) mass is 349 g/mol. The molecule has 0 bridgehead atoms. The molecule has 3 rings (SSSR count). The van der Waals surface area contributed by atoms with Crippen molar-refractivity contribution in [2.24, 2.45) is 0 Å². The molecular weight excluding hydrogens is 332 g/mol. The summed E-state index contributed by atoms with van der Waals surface area (Å²) in [4.78, 5) is 3.82. The average molecular weight is 349 g/mol. The highest BCUT2D eigenvalue weighted by Crippen LogP contribution is 2.32. The molecule has 1 aromatic carbocycles. The van der Waals surface area contributed by atoms with E-state index in [1.165, 1.54) is 23.4 Å². The van der Waals surface area contributed by atoms with Gasteiger partial charge in [0, 0.05) is 17.8 Å². The number of aromatic nitrogens is 5. The summed E-state index contributed by atoms with van der Waals surface area (Å²) in [6.45, 7) is 1.64. The van der Waals surface area contributed by atoms with E-state index in [1.807, 2.05) is 0 Å². The standard InChI is InChI=1S/C16H17F2N5O2/c1-11(25-7-13-4-5-20-22-13)16(24,8-23-10-19-9-21-23)14-3-2-12(17)6-15(14)18/h2-6,9-11,24H,7-8H2,1H3,(H,20,22)/t11-,16-/m1/s1. The third kappa shape index (κ3) is 3.72. The van der Waals surface area contributed by atoms with Gasteiger partial charge in [0.2, 0.25) is 0 Å². The molecule has 0 spiro atoms. The molecule has 3 aromatic rings. The van der Waals surface area contributed by atoms with Crippen LogP contribution in [0.4, 0.5) is 8.78 Å². The summed E-state index contributed by atoms with van der Waals surface area (Å²) in [5, 5.41) is 21.7. The third-order valence-electron chi connectivity index (χ3n) is 3.99. The second-order valence-corrected chi connectivity index (χ2v) is 5.68. The third-order valence-corrected chi connectivity index (χ3v) is 3.99. The van der Waals surface area contributed by atoms with E-state index in [0.29, 0.717) is 5.69 Å². The number of nitrogens with one attached hydrogen (secondary N) is 1. The summed E-state index contributed by atoms with van der Waals surface area (Å²) >= 11 is 0. The Hall–Kier alpha value is -2.65. The summed E-state index contributed by atoms with van der Waals surface area (Å²) in [5.41, 5.74) is -1.16. The number of rotatable bonds is 7. The average Bonchev–Trinajstić information content (AvgIpc) is 3.25. The van der Waals surface area contributed by atoms with Crippen LogP contribution in [0.1, 0.15) is 18.2 Å². The molecule has 132 valence electrons. The Kier molecular flexibility index (Phi) is 4.86. The highest BCUT2D eigenvalue weighted by atomic mass is 19.1. The van der Waals surface area contributed by atoms with Gasteiger partial charge in [0.05, 0.1) is 24.9 Å². The zero-order chi connectivity index (χ0) is 17.9. The second-order valence-electron chi connectivity index (χ2n) is 5.68. The van der Waals surface area contributed by atoms with Crippen LogP contribution in [-0.2, 0) is 23.5 Å². The minimum atomic E-state index is -1.79. The van der Waals surface area contributed by atoms with E-state index in [1.54, 1.807) is 19.2 Å². The Bertz CT molecular complexity index is 810. The van der Waals surface area contributed by atoms with Crippen LogP contribution >= 0.6 is 0 Å². The molecule has 0 aliphatic heterocycles. The Labute approximate surface area is 142 Å². The lowest BCUT2D eigenvalue weighted by molar-refractivity contribution is -0.124. The van der Waals surface area contributed by atoms with Crippen molar-refractivity contribution in [3.63, 3.8) is 0 Å². The van der Waals surface area contributed by atoms with Gasteiger partial charge in [-0.3, -0.25) is 5.10 Å². The van der Waals surface area contributed by atoms with Crippen LogP contribution in [-0.4, -0.2) is 36.2 Å². The molecule has 0 amide bonds. The zero-order valence-electron chi connectivity index (χ0n) is 13.4. The normalized spacial score (nSPS) is 15.0. The van der Waals surface area contributed by atoms with E-state index in [0.717, 1.165) is 12.1 Å². The number of halogens is 2. The Morgan fingerprint density at radius 3 is 2.84 bits per heavy atom. The smallest absolute Gasteiger partial charge is 0.138 e. The van der Waals surface area contributed by atoms with Crippen molar-refractivity contribution < 1.29 is 18.6 Å². The van der Waals surface area contributed by atoms with Crippen LogP contribution in [0.2, 0.25) is 0 Å². The number of nitrogens with zero attached hydrogens (tertiary/aromatic N) is 4. The maximum absolute atomic E-state index is 14.3. The topological polar surface area (TPSA) is 88.9 Å². The molecule has 2 atom stereocenters.